The molecule has 9 heteroatoms. The zero-order valence-electron chi connectivity index (χ0n) is 12.0. The summed E-state index contributed by atoms with van der Waals surface area (Å²) in [4.78, 5) is 33.9. The van der Waals surface area contributed by atoms with Gasteiger partial charge in [0, 0.05) is 33.5 Å². The highest BCUT2D eigenvalue weighted by Crippen LogP contribution is 2.39. The van der Waals surface area contributed by atoms with Gasteiger partial charge >= 0.3 is 5.97 Å². The summed E-state index contributed by atoms with van der Waals surface area (Å²) in [7, 11) is 0. The van der Waals surface area contributed by atoms with E-state index in [0.717, 1.165) is 16.3 Å². The van der Waals surface area contributed by atoms with Crippen molar-refractivity contribution in [2.24, 2.45) is 0 Å². The predicted molar refractivity (Wildman–Crippen MR) is 109 cm³/mol. The van der Waals surface area contributed by atoms with Crippen LogP contribution < -0.4 is 10.6 Å². The maximum absolute atomic E-state index is 11.4. The molecule has 0 unspecified atom stereocenters. The molecule has 0 radical (unpaired) electrons. The summed E-state index contributed by atoms with van der Waals surface area (Å²) < 4.78 is 7.35. The van der Waals surface area contributed by atoms with E-state index in [1.807, 2.05) is 0 Å². The quantitative estimate of drug-likeness (QED) is 0.390. The Kier molecular flexibility index (Phi) is 7.78. The zero-order valence-corrected chi connectivity index (χ0v) is 18.4. The van der Waals surface area contributed by atoms with Crippen LogP contribution >= 0.6 is 67.8 Å². The lowest BCUT2D eigenvalue weighted by Gasteiger charge is -2.19. The molecule has 0 saturated carbocycles. The van der Waals surface area contributed by atoms with Crippen LogP contribution in [0.2, 0.25) is 0 Å². The average molecular weight is 642 g/mol. The summed E-state index contributed by atoms with van der Waals surface area (Å²) in [6.07, 6.45) is 0. The zero-order chi connectivity index (χ0) is 17.0. The van der Waals surface area contributed by atoms with Gasteiger partial charge in [-0.05, 0) is 67.8 Å². The Hall–Kier alpha value is -0.180. The number of esters is 1. The summed E-state index contributed by atoms with van der Waals surface area (Å²) in [5.41, 5.74) is 1.93. The van der Waals surface area contributed by atoms with Gasteiger partial charge in [0.2, 0.25) is 11.8 Å². The third-order valence-electron chi connectivity index (χ3n) is 2.43. The Balaban J connectivity index is 3.49. The van der Waals surface area contributed by atoms with Gasteiger partial charge in [-0.25, -0.2) is 0 Å². The maximum Gasteiger partial charge on any atom is 0.302 e. The minimum absolute atomic E-state index is 0.0714. The molecule has 1 aromatic rings. The van der Waals surface area contributed by atoms with Crippen molar-refractivity contribution in [3.63, 3.8) is 0 Å². The molecule has 1 rings (SSSR count). The van der Waals surface area contributed by atoms with Crippen molar-refractivity contribution >= 4 is 96.9 Å². The first-order chi connectivity index (χ1) is 10.1. The predicted octanol–water partition coefficient (Wildman–Crippen LogP) is 3.48. The number of rotatable bonds is 4. The number of benzene rings is 1. The van der Waals surface area contributed by atoms with E-state index >= 15 is 0 Å². The first kappa shape index (κ1) is 19.9. The molecular weight excluding hydrogens is 629 g/mol. The number of carbonyl (C=O) groups excluding carboxylic acids is 3. The molecule has 0 heterocycles. The van der Waals surface area contributed by atoms with Gasteiger partial charge in [-0.1, -0.05) is 0 Å². The van der Waals surface area contributed by atoms with E-state index in [0.29, 0.717) is 11.4 Å². The molecule has 6 nitrogen and oxygen atoms in total. The van der Waals surface area contributed by atoms with Crippen molar-refractivity contribution in [2.75, 3.05) is 10.6 Å². The Bertz CT molecular complexity index is 604. The molecule has 0 aliphatic rings. The number of halogens is 3. The van der Waals surface area contributed by atoms with Gasteiger partial charge < -0.3 is 15.4 Å². The minimum atomic E-state index is -0.396. The Morgan fingerprint density at radius 1 is 0.864 bits per heavy atom. The highest BCUT2D eigenvalue weighted by molar-refractivity contribution is 14.1. The summed E-state index contributed by atoms with van der Waals surface area (Å²) in [5, 5.41) is 5.52. The van der Waals surface area contributed by atoms with Gasteiger partial charge in [0.1, 0.15) is 6.61 Å². The van der Waals surface area contributed by atoms with Crippen molar-refractivity contribution in [2.45, 2.75) is 27.4 Å². The minimum Gasteiger partial charge on any atom is -0.461 e. The highest BCUT2D eigenvalue weighted by Gasteiger charge is 2.22. The van der Waals surface area contributed by atoms with Gasteiger partial charge in [0.25, 0.3) is 0 Å². The van der Waals surface area contributed by atoms with Crippen molar-refractivity contribution in [1.82, 2.24) is 0 Å². The topological polar surface area (TPSA) is 84.5 Å². The summed E-state index contributed by atoms with van der Waals surface area (Å²) >= 11 is 6.26. The fourth-order valence-electron chi connectivity index (χ4n) is 1.59. The normalized spacial score (nSPS) is 10.1. The Morgan fingerprint density at radius 2 is 1.27 bits per heavy atom. The lowest BCUT2D eigenvalue weighted by molar-refractivity contribution is -0.142. The van der Waals surface area contributed by atoms with E-state index < -0.39 is 5.97 Å². The molecule has 0 spiro atoms. The summed E-state index contributed by atoms with van der Waals surface area (Å²) in [5.74, 6) is -0.833. The number of amides is 2. The number of nitrogens with one attached hydrogen (secondary N) is 2. The van der Waals surface area contributed by atoms with E-state index in [-0.39, 0.29) is 18.4 Å². The second kappa shape index (κ2) is 8.61. The molecule has 0 fully saturated rings. The molecule has 120 valence electrons. The number of hydrogen-bond acceptors (Lipinski definition) is 4. The highest BCUT2D eigenvalue weighted by atomic mass is 127. The van der Waals surface area contributed by atoms with Gasteiger partial charge in [-0.15, -0.1) is 0 Å². The second-order valence-electron chi connectivity index (χ2n) is 4.31. The molecule has 0 aromatic heterocycles. The van der Waals surface area contributed by atoms with Crippen LogP contribution in [0, 0.1) is 10.7 Å². The van der Waals surface area contributed by atoms with Crippen molar-refractivity contribution in [1.29, 1.82) is 0 Å². The number of hydrogen-bond donors (Lipinski definition) is 2. The van der Waals surface area contributed by atoms with E-state index in [2.05, 4.69) is 78.4 Å². The van der Waals surface area contributed by atoms with Gasteiger partial charge in [-0.2, -0.15) is 0 Å². The first-order valence-electron chi connectivity index (χ1n) is 6.03. The molecule has 0 aliphatic carbocycles. The van der Waals surface area contributed by atoms with E-state index in [1.165, 1.54) is 20.8 Å². The molecule has 0 aliphatic heterocycles. The van der Waals surface area contributed by atoms with E-state index in [1.54, 1.807) is 0 Å². The van der Waals surface area contributed by atoms with Crippen molar-refractivity contribution in [3.05, 3.63) is 16.3 Å². The van der Waals surface area contributed by atoms with Crippen LogP contribution in [0.4, 0.5) is 11.4 Å². The molecule has 2 amide bonds. The standard InChI is InChI=1S/C13H13I3N2O4/c1-5(19)17-12-9(14)8(4-22-7(3)21)10(15)13(11(12)16)18-6(2)20/h4H2,1-3H3,(H,17,19)(H,18,20). The maximum atomic E-state index is 11.4. The van der Waals surface area contributed by atoms with Crippen LogP contribution in [0.1, 0.15) is 26.3 Å². The SMILES string of the molecule is CC(=O)Nc1c(I)c(COC(C)=O)c(I)c(NC(C)=O)c1I. The smallest absolute Gasteiger partial charge is 0.302 e. The van der Waals surface area contributed by atoms with Crippen LogP contribution in [0.5, 0.6) is 0 Å². The molecular formula is C13H13I3N2O4. The van der Waals surface area contributed by atoms with Crippen molar-refractivity contribution < 1.29 is 19.1 Å². The number of carbonyl (C=O) groups is 3. The fourth-order valence-corrected chi connectivity index (χ4v) is 5.60. The Labute approximate surface area is 168 Å². The lowest BCUT2D eigenvalue weighted by atomic mass is 10.1. The monoisotopic (exact) mass is 642 g/mol. The largest absolute Gasteiger partial charge is 0.461 e. The van der Waals surface area contributed by atoms with E-state index in [9.17, 15) is 14.4 Å². The molecule has 22 heavy (non-hydrogen) atoms. The summed E-state index contributed by atoms with van der Waals surface area (Å²) in [6.45, 7) is 4.22. The number of ether oxygens (including phenoxy) is 1. The second-order valence-corrected chi connectivity index (χ2v) is 7.55. The number of anilines is 2. The van der Waals surface area contributed by atoms with Gasteiger partial charge in [-0.3, -0.25) is 14.4 Å². The fraction of sp³-hybridized carbons (Fsp3) is 0.308. The molecule has 0 bridgehead atoms. The van der Waals surface area contributed by atoms with Crippen molar-refractivity contribution in [3.8, 4) is 0 Å². The average Bonchev–Trinajstić information content (AvgIpc) is 2.39. The third-order valence-corrected chi connectivity index (χ3v) is 5.89. The molecule has 2 N–H and O–H groups in total. The van der Waals surface area contributed by atoms with E-state index in [4.69, 9.17) is 4.74 Å². The summed E-state index contributed by atoms with van der Waals surface area (Å²) in [6, 6.07) is 0. The lowest BCUT2D eigenvalue weighted by Crippen LogP contribution is -2.16. The van der Waals surface area contributed by atoms with Crippen LogP contribution in [0.25, 0.3) is 0 Å². The van der Waals surface area contributed by atoms with Crippen LogP contribution in [-0.4, -0.2) is 17.8 Å². The third kappa shape index (κ3) is 5.18. The van der Waals surface area contributed by atoms with Crippen LogP contribution in [0.3, 0.4) is 0 Å². The Morgan fingerprint density at radius 3 is 1.59 bits per heavy atom. The first-order valence-corrected chi connectivity index (χ1v) is 9.26. The van der Waals surface area contributed by atoms with Crippen LogP contribution in [0.15, 0.2) is 0 Å². The van der Waals surface area contributed by atoms with Gasteiger partial charge in [0.15, 0.2) is 0 Å². The van der Waals surface area contributed by atoms with Gasteiger partial charge in [0.05, 0.1) is 14.9 Å². The molecule has 0 saturated heterocycles. The van der Waals surface area contributed by atoms with Crippen LogP contribution in [-0.2, 0) is 25.7 Å². The molecule has 1 aromatic carbocycles. The molecule has 0 atom stereocenters.